The van der Waals surface area contributed by atoms with Crippen LogP contribution in [0.3, 0.4) is 0 Å². The number of benzene rings is 1. The molecule has 0 saturated heterocycles. The van der Waals surface area contributed by atoms with Crippen LogP contribution in [0, 0.1) is 0 Å². The van der Waals surface area contributed by atoms with E-state index in [1.54, 1.807) is 20.3 Å². The van der Waals surface area contributed by atoms with Gasteiger partial charge in [-0.05, 0) is 38.0 Å². The van der Waals surface area contributed by atoms with E-state index in [0.717, 1.165) is 17.5 Å². The van der Waals surface area contributed by atoms with Crippen LogP contribution < -0.4 is 20.5 Å². The number of nitrogens with one attached hydrogen (secondary N) is 1. The topological polar surface area (TPSA) is 90.7 Å². The standard InChI is InChI=1S/C16H20N2O4/c1-16(2)8-9-5-13(21-3)14(22-4)6-10(9)11(18-16)7-12(19)15(17)20/h5-7,18H,8H2,1-4H3,(H2,17,20)/b11-7-. The third-order valence-corrected chi connectivity index (χ3v) is 3.52. The Hall–Kier alpha value is -2.50. The molecule has 0 aromatic heterocycles. The number of carbonyl (C=O) groups excluding carboxylic acids is 2. The number of rotatable bonds is 4. The molecule has 6 heteroatoms. The number of fused-ring (bicyclic) bond motifs is 1. The second-order valence-corrected chi connectivity index (χ2v) is 5.84. The molecule has 0 spiro atoms. The Balaban J connectivity index is 2.60. The van der Waals surface area contributed by atoms with Crippen molar-refractivity contribution in [1.82, 2.24) is 5.32 Å². The molecule has 1 amide bonds. The third kappa shape index (κ3) is 3.05. The number of hydrogen-bond acceptors (Lipinski definition) is 5. The quantitative estimate of drug-likeness (QED) is 0.640. The first kappa shape index (κ1) is 15.9. The first-order valence-electron chi connectivity index (χ1n) is 6.86. The number of carbonyl (C=O) groups is 2. The predicted molar refractivity (Wildman–Crippen MR) is 82.6 cm³/mol. The molecule has 22 heavy (non-hydrogen) atoms. The van der Waals surface area contributed by atoms with Gasteiger partial charge in [0.1, 0.15) is 0 Å². The molecule has 1 aliphatic heterocycles. The van der Waals surface area contributed by atoms with E-state index in [4.69, 9.17) is 15.2 Å². The van der Waals surface area contributed by atoms with Gasteiger partial charge in [-0.25, -0.2) is 0 Å². The largest absolute Gasteiger partial charge is 0.493 e. The molecule has 0 aliphatic carbocycles. The van der Waals surface area contributed by atoms with Gasteiger partial charge < -0.3 is 20.5 Å². The number of primary amides is 1. The van der Waals surface area contributed by atoms with Gasteiger partial charge >= 0.3 is 0 Å². The first-order valence-corrected chi connectivity index (χ1v) is 6.86. The van der Waals surface area contributed by atoms with E-state index in [9.17, 15) is 9.59 Å². The van der Waals surface area contributed by atoms with Crippen LogP contribution in [-0.2, 0) is 16.0 Å². The van der Waals surface area contributed by atoms with Gasteiger partial charge in [0.15, 0.2) is 11.5 Å². The lowest BCUT2D eigenvalue weighted by molar-refractivity contribution is -0.133. The Labute approximate surface area is 129 Å². The van der Waals surface area contributed by atoms with Crippen molar-refractivity contribution in [2.75, 3.05) is 14.2 Å². The van der Waals surface area contributed by atoms with Crippen LogP contribution in [0.1, 0.15) is 25.0 Å². The summed E-state index contributed by atoms with van der Waals surface area (Å²) >= 11 is 0. The number of nitrogens with two attached hydrogens (primary N) is 1. The fraction of sp³-hybridized carbons (Fsp3) is 0.375. The Morgan fingerprint density at radius 1 is 1.23 bits per heavy atom. The summed E-state index contributed by atoms with van der Waals surface area (Å²) < 4.78 is 10.6. The molecule has 1 aliphatic rings. The number of hydrogen-bond donors (Lipinski definition) is 2. The summed E-state index contributed by atoms with van der Waals surface area (Å²) in [7, 11) is 3.12. The Bertz CT molecular complexity index is 662. The highest BCUT2D eigenvalue weighted by Crippen LogP contribution is 2.37. The monoisotopic (exact) mass is 304 g/mol. The molecule has 1 aromatic rings. The summed E-state index contributed by atoms with van der Waals surface area (Å²) in [6.45, 7) is 4.02. The second kappa shape index (κ2) is 5.71. The fourth-order valence-electron chi connectivity index (χ4n) is 2.59. The zero-order valence-corrected chi connectivity index (χ0v) is 13.1. The maximum Gasteiger partial charge on any atom is 0.289 e. The number of methoxy groups -OCH3 is 2. The summed E-state index contributed by atoms with van der Waals surface area (Å²) in [5, 5.41) is 3.26. The van der Waals surface area contributed by atoms with E-state index in [2.05, 4.69) is 5.32 Å². The molecule has 0 fully saturated rings. The van der Waals surface area contributed by atoms with Crippen molar-refractivity contribution in [2.45, 2.75) is 25.8 Å². The van der Waals surface area contributed by atoms with E-state index >= 15 is 0 Å². The molecule has 6 nitrogen and oxygen atoms in total. The van der Waals surface area contributed by atoms with E-state index in [1.807, 2.05) is 19.9 Å². The van der Waals surface area contributed by atoms with Gasteiger partial charge in [0.2, 0.25) is 5.78 Å². The minimum Gasteiger partial charge on any atom is -0.493 e. The van der Waals surface area contributed by atoms with Crippen LogP contribution in [0.25, 0.3) is 5.70 Å². The van der Waals surface area contributed by atoms with Gasteiger partial charge in [-0.2, -0.15) is 0 Å². The SMILES string of the molecule is COc1cc2c(cc1OC)/C(=C/C(=O)C(N)=O)NC(C)(C)C2. The lowest BCUT2D eigenvalue weighted by Gasteiger charge is -2.36. The lowest BCUT2D eigenvalue weighted by Crippen LogP contribution is -2.44. The number of amides is 1. The normalized spacial score (nSPS) is 17.4. The van der Waals surface area contributed by atoms with Crippen molar-refractivity contribution < 1.29 is 19.1 Å². The molecule has 1 heterocycles. The van der Waals surface area contributed by atoms with E-state index in [0.29, 0.717) is 17.2 Å². The fourth-order valence-corrected chi connectivity index (χ4v) is 2.59. The molecule has 0 radical (unpaired) electrons. The minimum absolute atomic E-state index is 0.268. The Kier molecular flexibility index (Phi) is 4.12. The molecule has 0 bridgehead atoms. The molecule has 1 aromatic carbocycles. The average Bonchev–Trinajstić information content (AvgIpc) is 2.44. The predicted octanol–water partition coefficient (Wildman–Crippen LogP) is 1.02. The molecule has 118 valence electrons. The van der Waals surface area contributed by atoms with E-state index in [1.165, 1.54) is 6.08 Å². The molecule has 0 atom stereocenters. The average molecular weight is 304 g/mol. The molecule has 0 saturated carbocycles. The highest BCUT2D eigenvalue weighted by Gasteiger charge is 2.29. The van der Waals surface area contributed by atoms with Crippen molar-refractivity contribution in [1.29, 1.82) is 0 Å². The Morgan fingerprint density at radius 2 is 1.82 bits per heavy atom. The number of ketones is 1. The van der Waals surface area contributed by atoms with Gasteiger partial charge in [0.25, 0.3) is 5.91 Å². The van der Waals surface area contributed by atoms with Gasteiger partial charge in [-0.15, -0.1) is 0 Å². The summed E-state index contributed by atoms with van der Waals surface area (Å²) in [5.74, 6) is -0.555. The van der Waals surface area contributed by atoms with Crippen LogP contribution in [0.4, 0.5) is 0 Å². The van der Waals surface area contributed by atoms with Gasteiger partial charge in [0.05, 0.1) is 14.2 Å². The molecule has 3 N–H and O–H groups in total. The lowest BCUT2D eigenvalue weighted by atomic mass is 9.85. The molecular weight excluding hydrogens is 284 g/mol. The maximum atomic E-state index is 11.7. The van der Waals surface area contributed by atoms with E-state index in [-0.39, 0.29) is 5.54 Å². The number of ether oxygens (including phenoxy) is 2. The Morgan fingerprint density at radius 3 is 2.36 bits per heavy atom. The third-order valence-electron chi connectivity index (χ3n) is 3.52. The van der Waals surface area contributed by atoms with Crippen molar-refractivity contribution >= 4 is 17.4 Å². The van der Waals surface area contributed by atoms with Crippen LogP contribution >= 0.6 is 0 Å². The molecule has 0 unspecified atom stereocenters. The molecular formula is C16H20N2O4. The van der Waals surface area contributed by atoms with E-state index < -0.39 is 11.7 Å². The van der Waals surface area contributed by atoms with Crippen molar-refractivity contribution in [3.05, 3.63) is 29.3 Å². The minimum atomic E-state index is -0.986. The van der Waals surface area contributed by atoms with Gasteiger partial charge in [-0.1, -0.05) is 0 Å². The maximum absolute atomic E-state index is 11.7. The van der Waals surface area contributed by atoms with Crippen molar-refractivity contribution in [2.24, 2.45) is 5.73 Å². The van der Waals surface area contributed by atoms with Crippen molar-refractivity contribution in [3.63, 3.8) is 0 Å². The summed E-state index contributed by atoms with van der Waals surface area (Å²) in [6.07, 6.45) is 1.97. The highest BCUT2D eigenvalue weighted by atomic mass is 16.5. The van der Waals surface area contributed by atoms with Gasteiger partial charge in [-0.3, -0.25) is 9.59 Å². The summed E-state index contributed by atoms with van der Waals surface area (Å²) in [5.41, 5.74) is 7.12. The zero-order valence-electron chi connectivity index (χ0n) is 13.1. The highest BCUT2D eigenvalue weighted by molar-refractivity contribution is 6.41. The van der Waals surface area contributed by atoms with Gasteiger partial charge in [0, 0.05) is 22.9 Å². The van der Waals surface area contributed by atoms with Crippen molar-refractivity contribution in [3.8, 4) is 11.5 Å². The van der Waals surface area contributed by atoms with Crippen LogP contribution in [0.15, 0.2) is 18.2 Å². The summed E-state index contributed by atoms with van der Waals surface area (Å²) in [6, 6.07) is 3.68. The zero-order chi connectivity index (χ0) is 16.5. The summed E-state index contributed by atoms with van der Waals surface area (Å²) in [4.78, 5) is 22.7. The smallest absolute Gasteiger partial charge is 0.289 e. The van der Waals surface area contributed by atoms with Crippen LogP contribution in [0.2, 0.25) is 0 Å². The van der Waals surface area contributed by atoms with Crippen LogP contribution in [-0.4, -0.2) is 31.4 Å². The molecule has 2 rings (SSSR count). The van der Waals surface area contributed by atoms with Crippen LogP contribution in [0.5, 0.6) is 11.5 Å². The second-order valence-electron chi connectivity index (χ2n) is 5.84. The first-order chi connectivity index (χ1) is 10.3.